The van der Waals surface area contributed by atoms with E-state index in [0.717, 1.165) is 33.4 Å². The number of benzene rings is 15. The zero-order valence-electron chi connectivity index (χ0n) is 81.5. The second-order valence-electron chi connectivity index (χ2n) is 29.0. The first-order valence-corrected chi connectivity index (χ1v) is 34.8. The Morgan fingerprint density at radius 2 is 0.695 bits per heavy atom. The normalized spacial score (nSPS) is 16.2. The Hall–Kier alpha value is -12.8. The molecule has 0 N–H and O–H groups in total. The summed E-state index contributed by atoms with van der Waals surface area (Å²) in [5, 5.41) is 0.120. The summed E-state index contributed by atoms with van der Waals surface area (Å²) in [5.41, 5.74) is 9.61. The molecule has 4 aromatic heterocycles. The molecule has 498 valence electrons. The Bertz CT molecular complexity index is 8090. The number of aromatic nitrogens is 3. The van der Waals surface area contributed by atoms with Crippen LogP contribution in [0.4, 0.5) is 34.1 Å². The van der Waals surface area contributed by atoms with E-state index in [1.165, 1.54) is 13.7 Å². The summed E-state index contributed by atoms with van der Waals surface area (Å²) in [6.45, 7) is 11.9. The van der Waals surface area contributed by atoms with Crippen molar-refractivity contribution in [3.63, 3.8) is 0 Å². The van der Waals surface area contributed by atoms with Gasteiger partial charge in [0.25, 0.3) is 6.71 Å². The first-order valence-electron chi connectivity index (χ1n) is 46.8. The van der Waals surface area contributed by atoms with E-state index in [4.69, 9.17) is 9.90 Å². The van der Waals surface area contributed by atoms with Crippen LogP contribution in [0, 0.1) is 0 Å². The van der Waals surface area contributed by atoms with E-state index >= 15 is 0 Å². The van der Waals surface area contributed by atoms with Crippen molar-refractivity contribution in [2.24, 2.45) is 0 Å². The average Bonchev–Trinajstić information content (AvgIpc) is 1.64. The lowest BCUT2D eigenvalue weighted by atomic mass is 9.33. The molecule has 0 bridgehead atoms. The van der Waals surface area contributed by atoms with Crippen molar-refractivity contribution in [3.8, 4) is 50.4 Å². The van der Waals surface area contributed by atoms with E-state index in [-0.39, 0.29) is 99.0 Å². The van der Waals surface area contributed by atoms with E-state index in [0.29, 0.717) is 77.9 Å². The van der Waals surface area contributed by atoms with Gasteiger partial charge < -0.3 is 27.9 Å². The van der Waals surface area contributed by atoms with Crippen LogP contribution in [0.5, 0.6) is 0 Å². The molecule has 105 heavy (non-hydrogen) atoms. The molecule has 6 heterocycles. The highest BCUT2D eigenvalue weighted by Crippen LogP contribution is 2.53. The molecule has 2 aliphatic rings. The highest BCUT2D eigenvalue weighted by atomic mass is 16.3. The molecule has 0 saturated carbocycles. The zero-order valence-corrected chi connectivity index (χ0v) is 57.5. The Labute approximate surface area is 643 Å². The lowest BCUT2D eigenvalue weighted by molar-refractivity contribution is 0.569. The van der Waals surface area contributed by atoms with Gasteiger partial charge in [0.05, 0.1) is 83.1 Å². The molecular formula is C98H72BN5O. The fourth-order valence-electron chi connectivity index (χ4n) is 16.2. The molecule has 19 aromatic rings. The van der Waals surface area contributed by atoms with E-state index in [2.05, 4.69) is 59.7 Å². The number of para-hydroxylation sites is 8. The smallest absolute Gasteiger partial charge is 0.252 e. The fourth-order valence-corrected chi connectivity index (χ4v) is 16.2. The van der Waals surface area contributed by atoms with Crippen molar-refractivity contribution in [1.29, 1.82) is 0 Å². The summed E-state index contributed by atoms with van der Waals surface area (Å²) in [7, 11) is 0. The molecule has 0 aliphatic carbocycles. The van der Waals surface area contributed by atoms with Crippen LogP contribution in [-0.2, 0) is 10.8 Å². The summed E-state index contributed by atoms with van der Waals surface area (Å²) in [6, 6.07) is 42.7. The molecule has 6 nitrogen and oxygen atoms in total. The fraction of sp³-hybridized carbons (Fsp3) is 0.0816. The number of nitrogens with zero attached hydrogens (tertiary/aromatic N) is 5. The third kappa shape index (κ3) is 9.23. The van der Waals surface area contributed by atoms with Crippen LogP contribution in [-0.4, -0.2) is 20.4 Å². The maximum Gasteiger partial charge on any atom is 0.252 e. The molecular weight excluding hydrogens is 1270 g/mol. The lowest BCUT2D eigenvalue weighted by Gasteiger charge is -2.45. The van der Waals surface area contributed by atoms with Crippen LogP contribution in [0.2, 0.25) is 0 Å². The van der Waals surface area contributed by atoms with E-state index in [9.17, 15) is 27.4 Å². The number of hydrogen-bond acceptors (Lipinski definition) is 3. The van der Waals surface area contributed by atoms with Gasteiger partial charge >= 0.3 is 0 Å². The summed E-state index contributed by atoms with van der Waals surface area (Å²) in [5.74, 6) is 0. The minimum atomic E-state index is -1.06. The molecule has 0 atom stereocenters. The summed E-state index contributed by atoms with van der Waals surface area (Å²) < 4.78 is 241. The zero-order chi connectivity index (χ0) is 91.0. The van der Waals surface area contributed by atoms with Gasteiger partial charge in [0.15, 0.2) is 5.58 Å². The highest BCUT2D eigenvalue weighted by Gasteiger charge is 2.45. The minimum Gasteiger partial charge on any atom is -0.453 e. The van der Waals surface area contributed by atoms with Crippen molar-refractivity contribution >= 4 is 145 Å². The van der Waals surface area contributed by atoms with Crippen molar-refractivity contribution in [1.82, 2.24) is 13.7 Å². The lowest BCUT2D eigenvalue weighted by Crippen LogP contribution is -2.61. The quantitative estimate of drug-likeness (QED) is 0.142. The van der Waals surface area contributed by atoms with Crippen LogP contribution >= 0.6 is 0 Å². The van der Waals surface area contributed by atoms with E-state index in [1.807, 2.05) is 137 Å². The average molecular weight is 1370 g/mol. The van der Waals surface area contributed by atoms with Crippen LogP contribution in [0.1, 0.15) is 85.6 Å². The standard InChI is InChI=1S/C98H72BN5O/c1-97(2,3)65-53-64(54-66(56-65)98(4,5)6)70-37-25-38-77-78-39-26-46-89(96(78)105-95(70)77)104-91-58-68(101-84-42-21-15-33-73(84)74-34-16-22-43-85(74)101)49-51-81(91)99-80-50-48-67(100-82-40-19-13-31-71(82)72-32-14-20-41-83(72)100)57-90(80)103(88-52-47-63(61-27-9-7-10-28-61)55-79(88)62-29-11-8-12-30-62)92-59-69(60-93(104)94(92)99)102-86-44-23-17-35-75(86)76-36-18-24-45-87(76)102/h7-60H,1-6H3/i13D,14D,15D,16D,17D,18D,19D,20D,21D,22D,23D,24D,31D,32D,33D,34D,35D,36D,40D,41D,42D,43D,44D,45D. The summed E-state index contributed by atoms with van der Waals surface area (Å²) >= 11 is 0. The topological polar surface area (TPSA) is 34.4 Å². The highest BCUT2D eigenvalue weighted by molar-refractivity contribution is 7.00. The van der Waals surface area contributed by atoms with Crippen LogP contribution in [0.15, 0.2) is 331 Å². The van der Waals surface area contributed by atoms with Gasteiger partial charge in [-0.1, -0.05) is 278 Å². The Kier molecular flexibility index (Phi) is 8.98. The molecule has 0 saturated heterocycles. The van der Waals surface area contributed by atoms with Gasteiger partial charge in [0, 0.05) is 88.3 Å². The van der Waals surface area contributed by atoms with Crippen LogP contribution in [0.3, 0.4) is 0 Å². The summed E-state index contributed by atoms with van der Waals surface area (Å²) in [6.07, 6.45) is 0. The van der Waals surface area contributed by atoms with Gasteiger partial charge in [0.2, 0.25) is 0 Å². The Balaban J connectivity index is 0.985. The monoisotopic (exact) mass is 1370 g/mol. The SMILES string of the molecule is [2H]c1c([2H])c([2H])c2c(c1[2H])c1c([2H])c([2H])c([2H])c([2H])c1n2-c1ccc2c(c1)N(c1ccc(-c3ccccc3)cc1-c1ccccc1)c1cc(-n3c4c([2H])c([2H])c([2H])c([2H])c4c4c([2H])c([2H])c([2H])c([2H])c43)cc3c1B2c1ccc(-n2c4c([2H])c([2H])c([2H])c([2H])c4c4c([2H])c([2H])c([2H])c([2H])c42)cc1N3c1cccc2c1oc1c(-c3cc(C(C)(C)C)cc(C(C)(C)C)c3)cccc12. The number of rotatable bonds is 8. The van der Waals surface area contributed by atoms with E-state index in [1.54, 1.807) is 36.4 Å². The first-order chi connectivity index (χ1) is 61.3. The molecule has 0 unspecified atom stereocenters. The second kappa shape index (κ2) is 22.8. The van der Waals surface area contributed by atoms with Gasteiger partial charge in [-0.3, -0.25) is 0 Å². The third-order valence-electron chi connectivity index (χ3n) is 21.0. The molecule has 2 aliphatic heterocycles. The number of furan rings is 1. The minimum absolute atomic E-state index is 0.0465. The molecule has 15 aromatic carbocycles. The number of hydrogen-bond donors (Lipinski definition) is 0. The number of anilines is 6. The number of fused-ring (bicyclic) bond motifs is 16. The predicted molar refractivity (Wildman–Crippen MR) is 444 cm³/mol. The maximum atomic E-state index is 10.2. The van der Waals surface area contributed by atoms with Crippen LogP contribution < -0.4 is 26.2 Å². The Morgan fingerprint density at radius 1 is 0.286 bits per heavy atom. The van der Waals surface area contributed by atoms with Gasteiger partial charge in [-0.25, -0.2) is 0 Å². The van der Waals surface area contributed by atoms with E-state index < -0.39 is 152 Å². The predicted octanol–water partition coefficient (Wildman–Crippen LogP) is 24.6. The van der Waals surface area contributed by atoms with Gasteiger partial charge in [-0.15, -0.1) is 0 Å². The molecule has 21 rings (SSSR count). The first kappa shape index (κ1) is 41.3. The maximum absolute atomic E-state index is 10.2. The van der Waals surface area contributed by atoms with Crippen molar-refractivity contribution in [2.75, 3.05) is 9.80 Å². The molecule has 0 fully saturated rings. The van der Waals surface area contributed by atoms with Gasteiger partial charge in [-0.2, -0.15) is 0 Å². The van der Waals surface area contributed by atoms with Crippen molar-refractivity contribution in [3.05, 3.63) is 338 Å². The van der Waals surface area contributed by atoms with Gasteiger partial charge in [-0.05, 0) is 151 Å². The molecule has 7 heteroatoms. The molecule has 0 spiro atoms. The van der Waals surface area contributed by atoms with Gasteiger partial charge in [0.1, 0.15) is 5.58 Å². The summed E-state index contributed by atoms with van der Waals surface area (Å²) in [4.78, 5) is 3.94. The Morgan fingerprint density at radius 3 is 1.16 bits per heavy atom. The van der Waals surface area contributed by atoms with Crippen LogP contribution in [0.25, 0.3) is 138 Å². The van der Waals surface area contributed by atoms with Crippen molar-refractivity contribution in [2.45, 2.75) is 52.4 Å². The molecule has 0 amide bonds. The third-order valence-corrected chi connectivity index (χ3v) is 21.0. The van der Waals surface area contributed by atoms with Crippen molar-refractivity contribution < 1.29 is 37.3 Å². The largest absolute Gasteiger partial charge is 0.453 e. The second-order valence-corrected chi connectivity index (χ2v) is 29.0. The molecule has 0 radical (unpaired) electrons.